The van der Waals surface area contributed by atoms with E-state index in [9.17, 15) is 24.6 Å². The van der Waals surface area contributed by atoms with Crippen molar-refractivity contribution in [3.63, 3.8) is 0 Å². The fraction of sp³-hybridized carbons (Fsp3) is 0.296. The first kappa shape index (κ1) is 26.4. The van der Waals surface area contributed by atoms with Crippen molar-refractivity contribution in [3.05, 3.63) is 75.2 Å². The summed E-state index contributed by atoms with van der Waals surface area (Å²) < 4.78 is 21.4. The Kier molecular flexibility index (Phi) is 8.05. The lowest BCUT2D eigenvalue weighted by Crippen LogP contribution is -2.29. The monoisotopic (exact) mass is 524 g/mol. The average molecular weight is 525 g/mol. The molecule has 0 saturated carbocycles. The molecule has 1 aliphatic heterocycles. The summed E-state index contributed by atoms with van der Waals surface area (Å²) in [5.74, 6) is -1.56. The minimum absolute atomic E-state index is 0.0261. The van der Waals surface area contributed by atoms with Crippen LogP contribution >= 0.6 is 0 Å². The van der Waals surface area contributed by atoms with Gasteiger partial charge < -0.3 is 39.5 Å². The summed E-state index contributed by atoms with van der Waals surface area (Å²) in [4.78, 5) is 40.9. The van der Waals surface area contributed by atoms with Crippen LogP contribution in [0.2, 0.25) is 0 Å². The van der Waals surface area contributed by atoms with Gasteiger partial charge in [-0.1, -0.05) is 12.1 Å². The molecule has 0 unspecified atom stereocenters. The standard InChI is InChI=1S/C27H28N2O9/c1-3-36-27(34)19-13-29-26(33)23(24(19)32)18(16-10-20(35-2)25-21(11-16)37-14-38-25)12-22(31)28-9-8-15-4-6-17(30)7-5-15/h4-7,10-11,13,18,30H,3,8-9,12,14H2,1-2H3,(H,28,31)(H2,29,32,33)/t18-/m1/s1. The number of aromatic amines is 1. The van der Waals surface area contributed by atoms with Gasteiger partial charge in [0.15, 0.2) is 11.5 Å². The Morgan fingerprint density at radius 1 is 1.16 bits per heavy atom. The molecule has 0 aliphatic carbocycles. The fourth-order valence-corrected chi connectivity index (χ4v) is 4.23. The van der Waals surface area contributed by atoms with Gasteiger partial charge in [0, 0.05) is 25.1 Å². The summed E-state index contributed by atoms with van der Waals surface area (Å²) in [7, 11) is 1.44. The number of ether oxygens (including phenoxy) is 4. The van der Waals surface area contributed by atoms with E-state index in [1.54, 1.807) is 43.3 Å². The largest absolute Gasteiger partial charge is 0.508 e. The number of aromatic hydroxyl groups is 2. The third-order valence-electron chi connectivity index (χ3n) is 6.09. The van der Waals surface area contributed by atoms with Crippen LogP contribution in [0.1, 0.15) is 46.3 Å². The number of esters is 1. The maximum absolute atomic E-state index is 13.1. The normalized spacial score (nSPS) is 12.6. The molecule has 1 aromatic heterocycles. The fourth-order valence-electron chi connectivity index (χ4n) is 4.23. The van der Waals surface area contributed by atoms with Gasteiger partial charge in [0.1, 0.15) is 17.1 Å². The molecule has 0 bridgehead atoms. The van der Waals surface area contributed by atoms with E-state index in [2.05, 4.69) is 10.3 Å². The maximum Gasteiger partial charge on any atom is 0.343 e. The Labute approximate surface area is 217 Å². The Bertz CT molecular complexity index is 1380. The lowest BCUT2D eigenvalue weighted by molar-refractivity contribution is -0.121. The van der Waals surface area contributed by atoms with Crippen molar-refractivity contribution in [3.8, 4) is 28.7 Å². The first-order valence-corrected chi connectivity index (χ1v) is 12.0. The summed E-state index contributed by atoms with van der Waals surface area (Å²) in [5, 5.41) is 23.3. The molecule has 200 valence electrons. The van der Waals surface area contributed by atoms with E-state index in [1.807, 2.05) is 0 Å². The molecule has 1 atom stereocenters. The number of pyridine rings is 1. The van der Waals surface area contributed by atoms with Gasteiger partial charge in [-0.3, -0.25) is 9.59 Å². The van der Waals surface area contributed by atoms with Crippen molar-refractivity contribution in [1.82, 2.24) is 10.3 Å². The SMILES string of the molecule is CCOC(=O)c1c[nH]c(=O)c([C@H](CC(=O)NCCc2ccc(O)cc2)c2cc(OC)c3c(c2)OCO3)c1O. The number of aromatic nitrogens is 1. The first-order chi connectivity index (χ1) is 18.3. The Morgan fingerprint density at radius 3 is 2.63 bits per heavy atom. The van der Waals surface area contributed by atoms with Crippen molar-refractivity contribution in [2.45, 2.75) is 25.7 Å². The number of H-pyrrole nitrogens is 1. The highest BCUT2D eigenvalue weighted by Gasteiger charge is 2.31. The number of hydrogen-bond acceptors (Lipinski definition) is 9. The van der Waals surface area contributed by atoms with Crippen molar-refractivity contribution >= 4 is 11.9 Å². The van der Waals surface area contributed by atoms with Gasteiger partial charge in [0.25, 0.3) is 5.56 Å². The van der Waals surface area contributed by atoms with E-state index in [0.717, 1.165) is 11.8 Å². The van der Waals surface area contributed by atoms with Crippen molar-refractivity contribution in [2.24, 2.45) is 0 Å². The number of nitrogens with one attached hydrogen (secondary N) is 2. The van der Waals surface area contributed by atoms with E-state index in [-0.39, 0.29) is 36.7 Å². The summed E-state index contributed by atoms with van der Waals surface area (Å²) in [5.41, 5.74) is 0.268. The molecule has 1 aliphatic rings. The molecule has 0 spiro atoms. The van der Waals surface area contributed by atoms with E-state index in [4.69, 9.17) is 18.9 Å². The van der Waals surface area contributed by atoms with E-state index in [0.29, 0.717) is 35.8 Å². The molecule has 3 aromatic rings. The molecule has 0 radical (unpaired) electrons. The number of amides is 1. The quantitative estimate of drug-likeness (QED) is 0.293. The second kappa shape index (κ2) is 11.6. The molecule has 0 saturated heterocycles. The van der Waals surface area contributed by atoms with Crippen LogP contribution in [0.25, 0.3) is 0 Å². The first-order valence-electron chi connectivity index (χ1n) is 12.0. The summed E-state index contributed by atoms with van der Waals surface area (Å²) in [6.07, 6.45) is 1.36. The summed E-state index contributed by atoms with van der Waals surface area (Å²) in [6.45, 7) is 1.96. The van der Waals surface area contributed by atoms with Crippen LogP contribution in [0, 0.1) is 0 Å². The topological polar surface area (TPSA) is 156 Å². The van der Waals surface area contributed by atoms with E-state index < -0.39 is 29.1 Å². The van der Waals surface area contributed by atoms with Crippen LogP contribution in [0.5, 0.6) is 28.7 Å². The van der Waals surface area contributed by atoms with Crippen LogP contribution < -0.4 is 25.1 Å². The average Bonchev–Trinajstić information content (AvgIpc) is 3.38. The van der Waals surface area contributed by atoms with E-state index in [1.165, 1.54) is 7.11 Å². The zero-order valence-corrected chi connectivity index (χ0v) is 20.9. The molecule has 11 nitrogen and oxygen atoms in total. The number of carbonyl (C=O) groups is 2. The van der Waals surface area contributed by atoms with Gasteiger partial charge in [-0.05, 0) is 48.7 Å². The lowest BCUT2D eigenvalue weighted by atomic mass is 9.87. The molecule has 4 N–H and O–H groups in total. The molecule has 2 heterocycles. The predicted octanol–water partition coefficient (Wildman–Crippen LogP) is 2.58. The predicted molar refractivity (Wildman–Crippen MR) is 135 cm³/mol. The lowest BCUT2D eigenvalue weighted by Gasteiger charge is -2.20. The second-order valence-corrected chi connectivity index (χ2v) is 8.49. The number of carbonyl (C=O) groups excluding carboxylic acids is 2. The molecule has 11 heteroatoms. The molecular weight excluding hydrogens is 496 g/mol. The summed E-state index contributed by atoms with van der Waals surface area (Å²) >= 11 is 0. The number of phenolic OH excluding ortho intramolecular Hbond substituents is 1. The summed E-state index contributed by atoms with van der Waals surface area (Å²) in [6, 6.07) is 9.83. The zero-order chi connectivity index (χ0) is 27.2. The highest BCUT2D eigenvalue weighted by molar-refractivity contribution is 5.92. The van der Waals surface area contributed by atoms with Crippen LogP contribution in [-0.4, -0.2) is 54.1 Å². The number of benzene rings is 2. The third kappa shape index (κ3) is 5.66. The zero-order valence-electron chi connectivity index (χ0n) is 20.9. The van der Waals surface area contributed by atoms with E-state index >= 15 is 0 Å². The molecule has 0 fully saturated rings. The van der Waals surface area contributed by atoms with Crippen LogP contribution in [-0.2, 0) is 16.0 Å². The molecule has 1 amide bonds. The third-order valence-corrected chi connectivity index (χ3v) is 6.09. The van der Waals surface area contributed by atoms with Crippen molar-refractivity contribution in [1.29, 1.82) is 0 Å². The number of phenols is 1. The number of hydrogen-bond donors (Lipinski definition) is 4. The van der Waals surface area contributed by atoms with Gasteiger partial charge in [-0.25, -0.2) is 4.79 Å². The highest BCUT2D eigenvalue weighted by Crippen LogP contribution is 2.45. The highest BCUT2D eigenvalue weighted by atomic mass is 16.7. The molecule has 4 rings (SSSR count). The van der Waals surface area contributed by atoms with Gasteiger partial charge in [-0.2, -0.15) is 0 Å². The smallest absolute Gasteiger partial charge is 0.343 e. The number of methoxy groups -OCH3 is 1. The number of rotatable bonds is 10. The van der Waals surface area contributed by atoms with Crippen LogP contribution in [0.3, 0.4) is 0 Å². The van der Waals surface area contributed by atoms with Crippen molar-refractivity contribution < 1.29 is 38.7 Å². The van der Waals surface area contributed by atoms with Gasteiger partial charge >= 0.3 is 5.97 Å². The van der Waals surface area contributed by atoms with Crippen LogP contribution in [0.4, 0.5) is 0 Å². The van der Waals surface area contributed by atoms with Crippen LogP contribution in [0.15, 0.2) is 47.4 Å². The Morgan fingerprint density at radius 2 is 1.92 bits per heavy atom. The second-order valence-electron chi connectivity index (χ2n) is 8.49. The molecular formula is C27H28N2O9. The minimum Gasteiger partial charge on any atom is -0.508 e. The minimum atomic E-state index is -0.981. The maximum atomic E-state index is 13.1. The number of fused-ring (bicyclic) bond motifs is 1. The molecule has 38 heavy (non-hydrogen) atoms. The van der Waals surface area contributed by atoms with Gasteiger partial charge in [-0.15, -0.1) is 0 Å². The van der Waals surface area contributed by atoms with Crippen molar-refractivity contribution in [2.75, 3.05) is 27.1 Å². The van der Waals surface area contributed by atoms with Gasteiger partial charge in [0.2, 0.25) is 18.4 Å². The molecule has 2 aromatic carbocycles. The Balaban J connectivity index is 1.67. The van der Waals surface area contributed by atoms with Gasteiger partial charge in [0.05, 0.1) is 19.3 Å². The Hall–Kier alpha value is -4.67.